The highest BCUT2D eigenvalue weighted by Crippen LogP contribution is 2.25. The number of aromatic nitrogens is 3. The second-order valence-corrected chi connectivity index (χ2v) is 4.90. The van der Waals surface area contributed by atoms with Crippen molar-refractivity contribution in [2.24, 2.45) is 7.05 Å². The molecule has 0 spiro atoms. The summed E-state index contributed by atoms with van der Waals surface area (Å²) in [7, 11) is 1.92. The van der Waals surface area contributed by atoms with Crippen molar-refractivity contribution in [2.45, 2.75) is 19.5 Å². The third-order valence-electron chi connectivity index (χ3n) is 2.76. The summed E-state index contributed by atoms with van der Waals surface area (Å²) in [5, 5.41) is 12.4. The fraction of sp³-hybridized carbons (Fsp3) is 0.333. The first kappa shape index (κ1) is 13.3. The minimum absolute atomic E-state index is 0.0903. The molecule has 2 aromatic rings. The van der Waals surface area contributed by atoms with Crippen molar-refractivity contribution in [1.82, 2.24) is 20.1 Å². The van der Waals surface area contributed by atoms with Crippen LogP contribution in [0.25, 0.3) is 0 Å². The van der Waals surface area contributed by atoms with Gasteiger partial charge in [-0.3, -0.25) is 0 Å². The van der Waals surface area contributed by atoms with E-state index in [4.69, 9.17) is 23.2 Å². The van der Waals surface area contributed by atoms with Gasteiger partial charge in [0.1, 0.15) is 12.2 Å². The average molecular weight is 285 g/mol. The van der Waals surface area contributed by atoms with Crippen LogP contribution in [0.2, 0.25) is 10.0 Å². The number of rotatable bonds is 4. The van der Waals surface area contributed by atoms with E-state index in [1.807, 2.05) is 30.7 Å². The topological polar surface area (TPSA) is 42.7 Å². The van der Waals surface area contributed by atoms with Crippen LogP contribution < -0.4 is 5.32 Å². The van der Waals surface area contributed by atoms with Crippen LogP contribution in [0.1, 0.15) is 24.4 Å². The maximum atomic E-state index is 6.13. The third-order valence-corrected chi connectivity index (χ3v) is 3.62. The molecule has 18 heavy (non-hydrogen) atoms. The summed E-state index contributed by atoms with van der Waals surface area (Å²) in [5.41, 5.74) is 0.971. The molecule has 1 heterocycles. The van der Waals surface area contributed by atoms with Crippen LogP contribution in [-0.2, 0) is 13.6 Å². The fourth-order valence-electron chi connectivity index (χ4n) is 1.72. The fourth-order valence-corrected chi connectivity index (χ4v) is 2.11. The number of nitrogens with one attached hydrogen (secondary N) is 1. The predicted octanol–water partition coefficient (Wildman–Crippen LogP) is 2.97. The molecular weight excluding hydrogens is 271 g/mol. The Morgan fingerprint density at radius 3 is 2.83 bits per heavy atom. The minimum Gasteiger partial charge on any atom is -0.319 e. The van der Waals surface area contributed by atoms with Crippen LogP contribution in [-0.4, -0.2) is 14.8 Å². The first-order chi connectivity index (χ1) is 8.59. The van der Waals surface area contributed by atoms with Crippen LogP contribution >= 0.6 is 23.2 Å². The lowest BCUT2D eigenvalue weighted by Gasteiger charge is -2.13. The molecule has 0 saturated heterocycles. The molecule has 0 saturated carbocycles. The quantitative estimate of drug-likeness (QED) is 0.939. The lowest BCUT2D eigenvalue weighted by Crippen LogP contribution is -2.21. The first-order valence-corrected chi connectivity index (χ1v) is 6.35. The Kier molecular flexibility index (Phi) is 4.22. The Bertz CT molecular complexity index is 539. The molecule has 4 nitrogen and oxygen atoms in total. The number of halogens is 2. The van der Waals surface area contributed by atoms with Gasteiger partial charge >= 0.3 is 0 Å². The van der Waals surface area contributed by atoms with Crippen LogP contribution in [0.5, 0.6) is 0 Å². The average Bonchev–Trinajstić information content (AvgIpc) is 2.77. The zero-order valence-corrected chi connectivity index (χ0v) is 11.7. The summed E-state index contributed by atoms with van der Waals surface area (Å²) < 4.78 is 1.89. The summed E-state index contributed by atoms with van der Waals surface area (Å²) >= 11 is 12.1. The van der Waals surface area contributed by atoms with Crippen molar-refractivity contribution in [3.05, 3.63) is 46.0 Å². The maximum Gasteiger partial charge on any atom is 0.149 e. The number of aryl methyl sites for hydroxylation is 1. The summed E-state index contributed by atoms with van der Waals surface area (Å²) in [6.07, 6.45) is 1.68. The van der Waals surface area contributed by atoms with Crippen molar-refractivity contribution in [3.63, 3.8) is 0 Å². The van der Waals surface area contributed by atoms with E-state index in [2.05, 4.69) is 15.5 Å². The van der Waals surface area contributed by atoms with Gasteiger partial charge < -0.3 is 9.88 Å². The van der Waals surface area contributed by atoms with Crippen LogP contribution in [0.4, 0.5) is 0 Å². The summed E-state index contributed by atoms with van der Waals surface area (Å²) in [5.74, 6) is 0.883. The molecule has 0 radical (unpaired) electrons. The lowest BCUT2D eigenvalue weighted by atomic mass is 10.2. The summed E-state index contributed by atoms with van der Waals surface area (Å²) in [6, 6.07) is 5.70. The number of hydrogen-bond acceptors (Lipinski definition) is 3. The highest BCUT2D eigenvalue weighted by Gasteiger charge is 2.11. The maximum absolute atomic E-state index is 6.13. The van der Waals surface area contributed by atoms with Crippen molar-refractivity contribution in [2.75, 3.05) is 0 Å². The standard InChI is InChI=1S/C12H14Cl2N4/c1-8(12-17-16-7-18(12)2)15-6-9-4-3-5-10(13)11(9)14/h3-5,7-8,15H,6H2,1-2H3. The summed E-state index contributed by atoms with van der Waals surface area (Å²) in [4.78, 5) is 0. The van der Waals surface area contributed by atoms with Crippen LogP contribution in [0.15, 0.2) is 24.5 Å². The molecule has 0 aliphatic rings. The number of nitrogens with zero attached hydrogens (tertiary/aromatic N) is 3. The zero-order valence-electron chi connectivity index (χ0n) is 10.2. The van der Waals surface area contributed by atoms with Crippen LogP contribution in [0, 0.1) is 0 Å². The van der Waals surface area contributed by atoms with E-state index in [-0.39, 0.29) is 6.04 Å². The van der Waals surface area contributed by atoms with Gasteiger partial charge in [0.15, 0.2) is 0 Å². The van der Waals surface area contributed by atoms with Gasteiger partial charge in [-0.2, -0.15) is 0 Å². The molecule has 0 fully saturated rings. The molecule has 1 aromatic heterocycles. The Labute approximate surface area is 116 Å². The molecule has 1 N–H and O–H groups in total. The van der Waals surface area contributed by atoms with Gasteiger partial charge in [0.05, 0.1) is 16.1 Å². The highest BCUT2D eigenvalue weighted by atomic mass is 35.5. The van der Waals surface area contributed by atoms with Crippen molar-refractivity contribution >= 4 is 23.2 Å². The highest BCUT2D eigenvalue weighted by molar-refractivity contribution is 6.42. The molecule has 96 valence electrons. The normalized spacial score (nSPS) is 12.7. The Hall–Kier alpha value is -1.10. The monoisotopic (exact) mass is 284 g/mol. The lowest BCUT2D eigenvalue weighted by molar-refractivity contribution is 0.528. The van der Waals surface area contributed by atoms with E-state index in [1.165, 1.54) is 0 Å². The van der Waals surface area contributed by atoms with Crippen molar-refractivity contribution in [3.8, 4) is 0 Å². The molecule has 0 bridgehead atoms. The second-order valence-electron chi connectivity index (χ2n) is 4.12. The minimum atomic E-state index is 0.0903. The van der Waals surface area contributed by atoms with Gasteiger partial charge in [0, 0.05) is 13.6 Å². The van der Waals surface area contributed by atoms with Gasteiger partial charge in [-0.25, -0.2) is 0 Å². The van der Waals surface area contributed by atoms with Gasteiger partial charge in [-0.1, -0.05) is 35.3 Å². The van der Waals surface area contributed by atoms with Gasteiger partial charge in [-0.05, 0) is 18.6 Å². The Balaban J connectivity index is 2.04. The molecule has 0 amide bonds. The van der Waals surface area contributed by atoms with E-state index >= 15 is 0 Å². The van der Waals surface area contributed by atoms with Crippen molar-refractivity contribution in [1.29, 1.82) is 0 Å². The SMILES string of the molecule is CC(NCc1cccc(Cl)c1Cl)c1nncn1C. The number of hydrogen-bond donors (Lipinski definition) is 1. The zero-order chi connectivity index (χ0) is 13.1. The van der Waals surface area contributed by atoms with Crippen LogP contribution in [0.3, 0.4) is 0 Å². The molecule has 0 aliphatic heterocycles. The van der Waals surface area contributed by atoms with Crippen molar-refractivity contribution < 1.29 is 0 Å². The van der Waals surface area contributed by atoms with Gasteiger partial charge in [-0.15, -0.1) is 10.2 Å². The van der Waals surface area contributed by atoms with E-state index in [0.717, 1.165) is 11.4 Å². The van der Waals surface area contributed by atoms with E-state index in [0.29, 0.717) is 16.6 Å². The second kappa shape index (κ2) is 5.69. The third kappa shape index (κ3) is 2.83. The summed E-state index contributed by atoms with van der Waals surface area (Å²) in [6.45, 7) is 2.66. The molecular formula is C12H14Cl2N4. The Morgan fingerprint density at radius 2 is 2.17 bits per heavy atom. The van der Waals surface area contributed by atoms with E-state index < -0.39 is 0 Å². The molecule has 2 rings (SSSR count). The van der Waals surface area contributed by atoms with E-state index in [1.54, 1.807) is 12.4 Å². The number of benzene rings is 1. The van der Waals surface area contributed by atoms with Gasteiger partial charge in [0.2, 0.25) is 0 Å². The molecule has 1 atom stereocenters. The van der Waals surface area contributed by atoms with Gasteiger partial charge in [0.25, 0.3) is 0 Å². The van der Waals surface area contributed by atoms with E-state index in [9.17, 15) is 0 Å². The Morgan fingerprint density at radius 1 is 1.39 bits per heavy atom. The molecule has 6 heteroatoms. The molecule has 1 unspecified atom stereocenters. The predicted molar refractivity (Wildman–Crippen MR) is 72.7 cm³/mol. The first-order valence-electron chi connectivity index (χ1n) is 5.59. The largest absolute Gasteiger partial charge is 0.319 e. The molecule has 0 aliphatic carbocycles. The molecule has 1 aromatic carbocycles. The smallest absolute Gasteiger partial charge is 0.149 e.